The van der Waals surface area contributed by atoms with Crippen molar-refractivity contribution >= 4 is 26.8 Å². The van der Waals surface area contributed by atoms with Gasteiger partial charge in [-0.3, -0.25) is 9.71 Å². The number of benzene rings is 2. The highest BCUT2D eigenvalue weighted by molar-refractivity contribution is 7.92. The van der Waals surface area contributed by atoms with E-state index in [9.17, 15) is 13.2 Å². The highest BCUT2D eigenvalue weighted by Crippen LogP contribution is 2.31. The Morgan fingerprint density at radius 2 is 1.88 bits per heavy atom. The molecule has 0 unspecified atom stereocenters. The van der Waals surface area contributed by atoms with Crippen molar-refractivity contribution in [2.24, 2.45) is 0 Å². The molecule has 2 aromatic carbocycles. The Morgan fingerprint density at radius 1 is 1.08 bits per heavy atom. The molecule has 0 saturated heterocycles. The lowest BCUT2D eigenvalue weighted by Gasteiger charge is -2.13. The average molecular weight is 350 g/mol. The van der Waals surface area contributed by atoms with E-state index in [1.807, 2.05) is 0 Å². The fourth-order valence-corrected chi connectivity index (χ4v) is 3.26. The maximum Gasteiger partial charge on any atom is 0.417 e. The summed E-state index contributed by atoms with van der Waals surface area (Å²) in [6.45, 7) is 0. The Balaban J connectivity index is 1.99. The van der Waals surface area contributed by atoms with Crippen molar-refractivity contribution in [2.45, 2.75) is 4.90 Å². The number of anilines is 1. The molecule has 9 heteroatoms. The molecular weight excluding hydrogens is 336 g/mol. The van der Waals surface area contributed by atoms with Gasteiger partial charge in [-0.05, 0) is 24.3 Å². The minimum atomic E-state index is -3.89. The molecule has 126 valence electrons. The highest BCUT2D eigenvalue weighted by Gasteiger charge is 2.18. The molecule has 0 atom stereocenters. The second-order valence-corrected chi connectivity index (χ2v) is 6.53. The molecule has 1 heterocycles. The van der Waals surface area contributed by atoms with Crippen molar-refractivity contribution < 1.29 is 22.3 Å². The number of sulfonamides is 1. The van der Waals surface area contributed by atoms with E-state index in [0.717, 1.165) is 0 Å². The van der Waals surface area contributed by atoms with E-state index < -0.39 is 15.8 Å². The first-order valence-corrected chi connectivity index (χ1v) is 8.29. The SMILES string of the molecule is COc1ccc(NS(=O)(=O)c2ccc3[nH]c(=O)oc3c2)c(OC)c1. The first-order valence-electron chi connectivity index (χ1n) is 6.80. The van der Waals surface area contributed by atoms with Gasteiger partial charge in [-0.15, -0.1) is 0 Å². The third-order valence-corrected chi connectivity index (χ3v) is 4.72. The van der Waals surface area contributed by atoms with Crippen LogP contribution >= 0.6 is 0 Å². The molecule has 0 aliphatic carbocycles. The first kappa shape index (κ1) is 15.9. The Hall–Kier alpha value is -2.94. The van der Waals surface area contributed by atoms with Gasteiger partial charge in [-0.2, -0.15) is 0 Å². The lowest BCUT2D eigenvalue weighted by Crippen LogP contribution is -2.13. The molecule has 3 rings (SSSR count). The van der Waals surface area contributed by atoms with E-state index in [1.165, 1.54) is 38.5 Å². The molecule has 8 nitrogen and oxygen atoms in total. The Labute approximate surface area is 137 Å². The Morgan fingerprint density at radius 3 is 2.58 bits per heavy atom. The first-order chi connectivity index (χ1) is 11.4. The molecule has 0 aliphatic rings. The summed E-state index contributed by atoms with van der Waals surface area (Å²) in [7, 11) is -0.972. The van der Waals surface area contributed by atoms with E-state index in [2.05, 4.69) is 9.71 Å². The average Bonchev–Trinajstić information content (AvgIpc) is 2.94. The molecule has 24 heavy (non-hydrogen) atoms. The van der Waals surface area contributed by atoms with Crippen LogP contribution in [0.5, 0.6) is 11.5 Å². The lowest BCUT2D eigenvalue weighted by molar-refractivity contribution is 0.395. The predicted molar refractivity (Wildman–Crippen MR) is 87.2 cm³/mol. The van der Waals surface area contributed by atoms with Crippen LogP contribution in [-0.2, 0) is 10.0 Å². The van der Waals surface area contributed by atoms with E-state index in [-0.39, 0.29) is 16.2 Å². The third kappa shape index (κ3) is 2.93. The molecular formula is C15H14N2O6S. The quantitative estimate of drug-likeness (QED) is 0.727. The van der Waals surface area contributed by atoms with Gasteiger partial charge in [0.25, 0.3) is 10.0 Å². The van der Waals surface area contributed by atoms with Gasteiger partial charge in [-0.1, -0.05) is 0 Å². The fourth-order valence-electron chi connectivity index (χ4n) is 2.18. The number of aromatic amines is 1. The maximum atomic E-state index is 12.5. The second kappa shape index (κ2) is 5.93. The van der Waals surface area contributed by atoms with Crippen LogP contribution in [0.4, 0.5) is 5.69 Å². The molecule has 0 aliphatic heterocycles. The van der Waals surface area contributed by atoms with Gasteiger partial charge in [0.15, 0.2) is 5.58 Å². The number of oxazole rings is 1. The normalized spacial score (nSPS) is 11.4. The van der Waals surface area contributed by atoms with E-state index in [0.29, 0.717) is 17.0 Å². The van der Waals surface area contributed by atoms with Gasteiger partial charge >= 0.3 is 5.76 Å². The van der Waals surface area contributed by atoms with Gasteiger partial charge in [0.2, 0.25) is 0 Å². The number of nitrogens with one attached hydrogen (secondary N) is 2. The summed E-state index contributed by atoms with van der Waals surface area (Å²) in [6, 6.07) is 8.79. The number of hydrogen-bond donors (Lipinski definition) is 2. The fraction of sp³-hybridized carbons (Fsp3) is 0.133. The summed E-state index contributed by atoms with van der Waals surface area (Å²) in [5.74, 6) is 0.196. The largest absolute Gasteiger partial charge is 0.497 e. The molecule has 0 fully saturated rings. The zero-order valence-electron chi connectivity index (χ0n) is 12.8. The highest BCUT2D eigenvalue weighted by atomic mass is 32.2. The zero-order chi connectivity index (χ0) is 17.3. The van der Waals surface area contributed by atoms with Crippen molar-refractivity contribution in [3.8, 4) is 11.5 Å². The van der Waals surface area contributed by atoms with Crippen LogP contribution < -0.4 is 20.0 Å². The lowest BCUT2D eigenvalue weighted by atomic mass is 10.3. The summed E-state index contributed by atoms with van der Waals surface area (Å²) in [5.41, 5.74) is 0.833. The monoisotopic (exact) mass is 350 g/mol. The van der Waals surface area contributed by atoms with Crippen molar-refractivity contribution in [3.63, 3.8) is 0 Å². The predicted octanol–water partition coefficient (Wildman–Crippen LogP) is 1.94. The molecule has 0 bridgehead atoms. The number of fused-ring (bicyclic) bond motifs is 1. The topological polar surface area (TPSA) is 111 Å². The molecule has 0 radical (unpaired) electrons. The van der Waals surface area contributed by atoms with Gasteiger partial charge in [0.05, 0.1) is 30.3 Å². The van der Waals surface area contributed by atoms with Crippen molar-refractivity contribution in [2.75, 3.05) is 18.9 Å². The summed E-state index contributed by atoms with van der Waals surface area (Å²) in [6.07, 6.45) is 0. The van der Waals surface area contributed by atoms with Crippen molar-refractivity contribution in [3.05, 3.63) is 46.9 Å². The molecule has 0 saturated carbocycles. The van der Waals surface area contributed by atoms with Crippen molar-refractivity contribution in [1.82, 2.24) is 4.98 Å². The molecule has 3 aromatic rings. The Kier molecular flexibility index (Phi) is 3.94. The zero-order valence-corrected chi connectivity index (χ0v) is 13.6. The minimum absolute atomic E-state index is 0.0457. The summed E-state index contributed by atoms with van der Waals surface area (Å²) in [5, 5.41) is 0. The maximum absolute atomic E-state index is 12.5. The van der Waals surface area contributed by atoms with E-state index in [1.54, 1.807) is 12.1 Å². The van der Waals surface area contributed by atoms with Crippen LogP contribution in [0.3, 0.4) is 0 Å². The standard InChI is InChI=1S/C15H14N2O6S/c1-21-9-3-5-12(13(7-9)22-2)17-24(19,20)10-4-6-11-14(8-10)23-15(18)16-11/h3-8,17H,1-2H3,(H,16,18). The van der Waals surface area contributed by atoms with Crippen molar-refractivity contribution in [1.29, 1.82) is 0 Å². The second-order valence-electron chi connectivity index (χ2n) is 4.84. The van der Waals surface area contributed by atoms with Crippen LogP contribution in [0.25, 0.3) is 11.1 Å². The smallest absolute Gasteiger partial charge is 0.417 e. The van der Waals surface area contributed by atoms with E-state index >= 15 is 0 Å². The molecule has 2 N–H and O–H groups in total. The van der Waals surface area contributed by atoms with Gasteiger partial charge in [0, 0.05) is 12.1 Å². The molecule has 0 amide bonds. The number of ether oxygens (including phenoxy) is 2. The van der Waals surface area contributed by atoms with Gasteiger partial charge in [-0.25, -0.2) is 13.2 Å². The van der Waals surface area contributed by atoms with Gasteiger partial charge < -0.3 is 13.9 Å². The van der Waals surface area contributed by atoms with Crippen LogP contribution in [0, 0.1) is 0 Å². The summed E-state index contributed by atoms with van der Waals surface area (Å²) >= 11 is 0. The number of aromatic nitrogens is 1. The number of H-pyrrole nitrogens is 1. The van der Waals surface area contributed by atoms with Gasteiger partial charge in [0.1, 0.15) is 11.5 Å². The summed E-state index contributed by atoms with van der Waals surface area (Å²) < 4.78 is 42.7. The Bertz CT molecular complexity index is 1050. The number of methoxy groups -OCH3 is 2. The minimum Gasteiger partial charge on any atom is -0.497 e. The number of hydrogen-bond acceptors (Lipinski definition) is 6. The van der Waals surface area contributed by atoms with Crippen LogP contribution in [0.15, 0.2) is 50.5 Å². The number of rotatable bonds is 5. The van der Waals surface area contributed by atoms with Crippen LogP contribution in [0.1, 0.15) is 0 Å². The summed E-state index contributed by atoms with van der Waals surface area (Å²) in [4.78, 5) is 13.6. The molecule has 0 spiro atoms. The molecule has 1 aromatic heterocycles. The third-order valence-electron chi connectivity index (χ3n) is 3.36. The van der Waals surface area contributed by atoms with Crippen LogP contribution in [0.2, 0.25) is 0 Å². The van der Waals surface area contributed by atoms with E-state index in [4.69, 9.17) is 13.9 Å². The van der Waals surface area contributed by atoms with Crippen LogP contribution in [-0.4, -0.2) is 27.6 Å².